The Bertz CT molecular complexity index is 401. The van der Waals surface area contributed by atoms with Gasteiger partial charge in [0.15, 0.2) is 0 Å². The number of aromatic amines is 1. The number of nitrogens with one attached hydrogen (secondary N) is 1. The van der Waals surface area contributed by atoms with Crippen LogP contribution in [0.1, 0.15) is 12.5 Å². The summed E-state index contributed by atoms with van der Waals surface area (Å²) in [6.07, 6.45) is 4.63. The normalized spacial score (nSPS) is 12.7. The van der Waals surface area contributed by atoms with Crippen LogP contribution in [0.25, 0.3) is 11.1 Å². The van der Waals surface area contributed by atoms with Crippen LogP contribution < -0.4 is 5.73 Å². The molecule has 0 saturated heterocycles. The molecule has 3 nitrogen and oxygen atoms in total. The van der Waals surface area contributed by atoms with E-state index in [1.807, 2.05) is 19.3 Å². The zero-order valence-corrected chi connectivity index (χ0v) is 8.77. The highest BCUT2D eigenvalue weighted by molar-refractivity contribution is 5.61. The molecule has 1 heterocycles. The van der Waals surface area contributed by atoms with E-state index < -0.39 is 0 Å². The molecule has 78 valence electrons. The second-order valence-corrected chi connectivity index (χ2v) is 3.87. The Morgan fingerprint density at radius 1 is 1.27 bits per heavy atom. The van der Waals surface area contributed by atoms with Crippen molar-refractivity contribution in [2.75, 3.05) is 0 Å². The minimum absolute atomic E-state index is 0.213. The van der Waals surface area contributed by atoms with Gasteiger partial charge in [-0.3, -0.25) is 5.10 Å². The van der Waals surface area contributed by atoms with Crippen LogP contribution in [0, 0.1) is 0 Å². The predicted molar refractivity (Wildman–Crippen MR) is 61.4 cm³/mol. The van der Waals surface area contributed by atoms with Crippen LogP contribution in [0.3, 0.4) is 0 Å². The Morgan fingerprint density at radius 2 is 2.00 bits per heavy atom. The highest BCUT2D eigenvalue weighted by Gasteiger charge is 2.00. The Balaban J connectivity index is 2.17. The molecule has 0 aliphatic heterocycles. The van der Waals surface area contributed by atoms with Crippen molar-refractivity contribution in [3.63, 3.8) is 0 Å². The van der Waals surface area contributed by atoms with Crippen molar-refractivity contribution >= 4 is 0 Å². The molecule has 1 unspecified atom stereocenters. The van der Waals surface area contributed by atoms with Crippen LogP contribution in [0.15, 0.2) is 36.7 Å². The fourth-order valence-electron chi connectivity index (χ4n) is 1.61. The van der Waals surface area contributed by atoms with Crippen LogP contribution >= 0.6 is 0 Å². The molecule has 0 radical (unpaired) electrons. The minimum Gasteiger partial charge on any atom is -0.328 e. The van der Waals surface area contributed by atoms with Crippen molar-refractivity contribution in [1.82, 2.24) is 10.2 Å². The van der Waals surface area contributed by atoms with Crippen molar-refractivity contribution in [2.45, 2.75) is 19.4 Å². The van der Waals surface area contributed by atoms with Gasteiger partial charge in [0.25, 0.3) is 0 Å². The zero-order chi connectivity index (χ0) is 10.7. The lowest BCUT2D eigenvalue weighted by molar-refractivity contribution is 0.738. The molecule has 3 N–H and O–H groups in total. The summed E-state index contributed by atoms with van der Waals surface area (Å²) >= 11 is 0. The number of hydrogen-bond donors (Lipinski definition) is 2. The first-order valence-electron chi connectivity index (χ1n) is 5.09. The maximum Gasteiger partial charge on any atom is 0.0565 e. The number of rotatable bonds is 3. The first-order chi connectivity index (χ1) is 7.25. The van der Waals surface area contributed by atoms with Crippen LogP contribution in [-0.4, -0.2) is 16.2 Å². The van der Waals surface area contributed by atoms with Gasteiger partial charge in [0.1, 0.15) is 0 Å². The largest absolute Gasteiger partial charge is 0.328 e. The second-order valence-electron chi connectivity index (χ2n) is 3.87. The second kappa shape index (κ2) is 4.28. The van der Waals surface area contributed by atoms with Crippen molar-refractivity contribution in [3.05, 3.63) is 42.2 Å². The van der Waals surface area contributed by atoms with Gasteiger partial charge in [-0.05, 0) is 24.5 Å². The quantitative estimate of drug-likeness (QED) is 0.797. The van der Waals surface area contributed by atoms with Gasteiger partial charge in [0.05, 0.1) is 6.20 Å². The smallest absolute Gasteiger partial charge is 0.0565 e. The van der Waals surface area contributed by atoms with Gasteiger partial charge in [-0.15, -0.1) is 0 Å². The van der Waals surface area contributed by atoms with Crippen molar-refractivity contribution < 1.29 is 0 Å². The summed E-state index contributed by atoms with van der Waals surface area (Å²) in [5.41, 5.74) is 9.31. The molecule has 0 aliphatic carbocycles. The fourth-order valence-corrected chi connectivity index (χ4v) is 1.61. The third-order valence-electron chi connectivity index (χ3n) is 2.34. The molecule has 0 aliphatic rings. The van der Waals surface area contributed by atoms with Crippen LogP contribution in [0.4, 0.5) is 0 Å². The van der Waals surface area contributed by atoms with Crippen LogP contribution in [0.2, 0.25) is 0 Å². The van der Waals surface area contributed by atoms with Crippen LogP contribution in [0.5, 0.6) is 0 Å². The number of H-pyrrole nitrogens is 1. The SMILES string of the molecule is CC(N)Cc1ccc(-c2cn[nH]c2)cc1. The summed E-state index contributed by atoms with van der Waals surface area (Å²) in [7, 11) is 0. The summed E-state index contributed by atoms with van der Waals surface area (Å²) in [4.78, 5) is 0. The van der Waals surface area contributed by atoms with Crippen molar-refractivity contribution in [1.29, 1.82) is 0 Å². The minimum atomic E-state index is 0.213. The standard InChI is InChI=1S/C12H15N3/c1-9(13)6-10-2-4-11(5-3-10)12-7-14-15-8-12/h2-5,7-9H,6,13H2,1H3,(H,14,15). The van der Waals surface area contributed by atoms with E-state index in [2.05, 4.69) is 34.5 Å². The van der Waals surface area contributed by atoms with Crippen LogP contribution in [-0.2, 0) is 6.42 Å². The summed E-state index contributed by atoms with van der Waals surface area (Å²) in [5.74, 6) is 0. The first kappa shape index (κ1) is 9.93. The zero-order valence-electron chi connectivity index (χ0n) is 8.77. The molecule has 1 atom stereocenters. The van der Waals surface area contributed by atoms with E-state index >= 15 is 0 Å². The molecule has 0 saturated carbocycles. The van der Waals surface area contributed by atoms with E-state index in [9.17, 15) is 0 Å². The van der Waals surface area contributed by atoms with Gasteiger partial charge in [-0.25, -0.2) is 0 Å². The maximum atomic E-state index is 5.74. The number of nitrogens with zero attached hydrogens (tertiary/aromatic N) is 1. The van der Waals surface area contributed by atoms with Crippen molar-refractivity contribution in [2.24, 2.45) is 5.73 Å². The predicted octanol–water partition coefficient (Wildman–Crippen LogP) is 1.97. The molecule has 2 rings (SSSR count). The van der Waals surface area contributed by atoms with E-state index in [0.29, 0.717) is 0 Å². The lowest BCUT2D eigenvalue weighted by Crippen LogP contribution is -2.17. The Kier molecular flexibility index (Phi) is 2.83. The first-order valence-corrected chi connectivity index (χ1v) is 5.09. The maximum absolute atomic E-state index is 5.74. The molecule has 2 aromatic rings. The van der Waals surface area contributed by atoms with Crippen molar-refractivity contribution in [3.8, 4) is 11.1 Å². The topological polar surface area (TPSA) is 54.7 Å². The van der Waals surface area contributed by atoms with Gasteiger partial charge >= 0.3 is 0 Å². The molecule has 1 aromatic carbocycles. The Morgan fingerprint density at radius 3 is 2.53 bits per heavy atom. The summed E-state index contributed by atoms with van der Waals surface area (Å²) in [5, 5.41) is 6.73. The van der Waals surface area contributed by atoms with Gasteiger partial charge in [-0.1, -0.05) is 24.3 Å². The average Bonchev–Trinajstić information content (AvgIpc) is 2.71. The van der Waals surface area contributed by atoms with E-state index in [1.54, 1.807) is 0 Å². The molecule has 0 bridgehead atoms. The third kappa shape index (κ3) is 2.44. The highest BCUT2D eigenvalue weighted by atomic mass is 15.1. The summed E-state index contributed by atoms with van der Waals surface area (Å²) in [6, 6.07) is 8.65. The molecule has 0 spiro atoms. The van der Waals surface area contributed by atoms with E-state index in [1.165, 1.54) is 11.1 Å². The Hall–Kier alpha value is -1.61. The summed E-state index contributed by atoms with van der Waals surface area (Å²) < 4.78 is 0. The fraction of sp³-hybridized carbons (Fsp3) is 0.250. The molecular formula is C12H15N3. The van der Waals surface area contributed by atoms with Gasteiger partial charge in [0.2, 0.25) is 0 Å². The number of benzene rings is 1. The van der Waals surface area contributed by atoms with E-state index in [0.717, 1.165) is 12.0 Å². The molecule has 15 heavy (non-hydrogen) atoms. The van der Waals surface area contributed by atoms with E-state index in [-0.39, 0.29) is 6.04 Å². The third-order valence-corrected chi connectivity index (χ3v) is 2.34. The number of aromatic nitrogens is 2. The number of nitrogens with two attached hydrogens (primary N) is 1. The monoisotopic (exact) mass is 201 g/mol. The molecule has 0 amide bonds. The van der Waals surface area contributed by atoms with E-state index in [4.69, 9.17) is 5.73 Å². The van der Waals surface area contributed by atoms with Gasteiger partial charge in [-0.2, -0.15) is 5.10 Å². The van der Waals surface area contributed by atoms with Gasteiger partial charge < -0.3 is 5.73 Å². The van der Waals surface area contributed by atoms with Gasteiger partial charge in [0, 0.05) is 17.8 Å². The lowest BCUT2D eigenvalue weighted by atomic mass is 10.0. The average molecular weight is 201 g/mol. The Labute approximate surface area is 89.3 Å². The molecule has 1 aromatic heterocycles. The lowest BCUT2D eigenvalue weighted by Gasteiger charge is -2.05. The summed E-state index contributed by atoms with van der Waals surface area (Å²) in [6.45, 7) is 2.02. The molecular weight excluding hydrogens is 186 g/mol. The number of hydrogen-bond acceptors (Lipinski definition) is 2. The highest BCUT2D eigenvalue weighted by Crippen LogP contribution is 2.18. The molecule has 0 fully saturated rings. The molecule has 3 heteroatoms.